The third-order valence-electron chi connectivity index (χ3n) is 4.14. The van der Waals surface area contributed by atoms with Crippen LogP contribution in [0.1, 0.15) is 28.9 Å². The van der Waals surface area contributed by atoms with Crippen LogP contribution in [0.5, 0.6) is 0 Å². The summed E-state index contributed by atoms with van der Waals surface area (Å²) in [4.78, 5) is 14.0. The van der Waals surface area contributed by atoms with E-state index in [0.717, 1.165) is 21.9 Å². The Labute approximate surface area is 120 Å². The van der Waals surface area contributed by atoms with Gasteiger partial charge in [0, 0.05) is 24.2 Å². The normalized spacial score (nSPS) is 27.9. The first-order valence-electron chi connectivity index (χ1n) is 6.87. The molecule has 0 spiro atoms. The van der Waals surface area contributed by atoms with Crippen LogP contribution in [-0.2, 0) is 0 Å². The summed E-state index contributed by atoms with van der Waals surface area (Å²) in [5.41, 5.74) is 0.774. The molecule has 104 valence electrons. The van der Waals surface area contributed by atoms with Crippen LogP contribution in [-0.4, -0.2) is 29.2 Å². The Morgan fingerprint density at radius 3 is 3.05 bits per heavy atom. The molecule has 4 rings (SSSR count). The number of nitrogens with zero attached hydrogens (tertiary/aromatic N) is 1. The first-order valence-corrected chi connectivity index (χ1v) is 7.69. The second-order valence-electron chi connectivity index (χ2n) is 5.41. The summed E-state index contributed by atoms with van der Waals surface area (Å²) in [5.74, 6) is 0.0177. The zero-order valence-electron chi connectivity index (χ0n) is 10.8. The molecular weight excluding hydrogens is 274 g/mol. The van der Waals surface area contributed by atoms with Crippen LogP contribution in [0.2, 0.25) is 0 Å². The summed E-state index contributed by atoms with van der Waals surface area (Å²) in [6.45, 7) is 0. The van der Waals surface area contributed by atoms with Crippen molar-refractivity contribution in [1.82, 2.24) is 15.8 Å². The number of carbonyl (C=O) groups excluding carboxylic acids is 1. The highest BCUT2D eigenvalue weighted by atomic mass is 32.1. The molecule has 3 unspecified atom stereocenters. The molecule has 2 fully saturated rings. The Morgan fingerprint density at radius 2 is 2.35 bits per heavy atom. The lowest BCUT2D eigenvalue weighted by atomic mass is 9.95. The van der Waals surface area contributed by atoms with E-state index in [1.807, 2.05) is 12.1 Å². The lowest BCUT2D eigenvalue weighted by molar-refractivity contribution is 0.0935. The number of fused-ring (bicyclic) bond motifs is 2. The minimum absolute atomic E-state index is 0.0177. The van der Waals surface area contributed by atoms with E-state index in [1.54, 1.807) is 6.07 Å². The summed E-state index contributed by atoms with van der Waals surface area (Å²) in [6.07, 6.45) is 5.00. The number of rotatable bonds is 3. The van der Waals surface area contributed by atoms with E-state index in [2.05, 4.69) is 15.8 Å². The maximum atomic E-state index is 12.3. The maximum Gasteiger partial charge on any atom is 0.261 e. The van der Waals surface area contributed by atoms with Gasteiger partial charge in [-0.1, -0.05) is 5.16 Å². The largest absolute Gasteiger partial charge is 0.364 e. The van der Waals surface area contributed by atoms with Crippen molar-refractivity contribution < 1.29 is 9.32 Å². The maximum absolute atomic E-state index is 12.3. The van der Waals surface area contributed by atoms with E-state index >= 15 is 0 Å². The first kappa shape index (κ1) is 12.1. The molecule has 0 aromatic carbocycles. The van der Waals surface area contributed by atoms with E-state index in [1.165, 1.54) is 30.4 Å². The highest BCUT2D eigenvalue weighted by Crippen LogP contribution is 2.30. The average molecular weight is 289 g/mol. The molecule has 5 nitrogen and oxygen atoms in total. The lowest BCUT2D eigenvalue weighted by Gasteiger charge is -2.20. The quantitative estimate of drug-likeness (QED) is 0.907. The summed E-state index contributed by atoms with van der Waals surface area (Å²) >= 11 is 1.45. The van der Waals surface area contributed by atoms with Gasteiger partial charge in [0.25, 0.3) is 5.91 Å². The number of hydrogen-bond donors (Lipinski definition) is 2. The Hall–Kier alpha value is -1.66. The zero-order valence-corrected chi connectivity index (χ0v) is 11.7. The molecule has 2 aromatic heterocycles. The summed E-state index contributed by atoms with van der Waals surface area (Å²) < 4.78 is 4.83. The Morgan fingerprint density at radius 1 is 1.40 bits per heavy atom. The Bertz CT molecular complexity index is 622. The first-order chi connectivity index (χ1) is 9.79. The number of nitrogens with one attached hydrogen (secondary N) is 2. The minimum Gasteiger partial charge on any atom is -0.364 e. The third kappa shape index (κ3) is 2.05. The van der Waals surface area contributed by atoms with Crippen LogP contribution in [0, 0.1) is 0 Å². The van der Waals surface area contributed by atoms with Gasteiger partial charge in [-0.15, -0.1) is 11.3 Å². The van der Waals surface area contributed by atoms with Crippen molar-refractivity contribution in [1.29, 1.82) is 0 Å². The number of aromatic nitrogens is 1. The molecule has 2 bridgehead atoms. The molecule has 6 heteroatoms. The molecule has 2 aliphatic heterocycles. The Balaban J connectivity index is 1.46. The molecule has 2 N–H and O–H groups in total. The number of amides is 1. The van der Waals surface area contributed by atoms with Crippen LogP contribution in [0.4, 0.5) is 0 Å². The van der Waals surface area contributed by atoms with Gasteiger partial charge in [-0.3, -0.25) is 4.79 Å². The standard InChI is InChI=1S/C14H15N3O2S/c18-14(16-11-7-8-1-2-9(11)15-8)13-4-3-12(20-13)10-5-6-19-17-10/h3-6,8-9,11,15H,1-2,7H2,(H,16,18). The van der Waals surface area contributed by atoms with Crippen LogP contribution in [0.25, 0.3) is 10.6 Å². The number of carbonyl (C=O) groups is 1. The summed E-state index contributed by atoms with van der Waals surface area (Å²) in [6, 6.07) is 6.89. The van der Waals surface area contributed by atoms with Gasteiger partial charge in [-0.25, -0.2) is 0 Å². The van der Waals surface area contributed by atoms with Crippen molar-refractivity contribution in [3.63, 3.8) is 0 Å². The molecular formula is C14H15N3O2S. The van der Waals surface area contributed by atoms with Crippen LogP contribution in [0.15, 0.2) is 29.0 Å². The smallest absolute Gasteiger partial charge is 0.261 e. The number of thiophene rings is 1. The van der Waals surface area contributed by atoms with Crippen LogP contribution >= 0.6 is 11.3 Å². The van der Waals surface area contributed by atoms with E-state index in [-0.39, 0.29) is 11.9 Å². The molecule has 2 aliphatic rings. The zero-order chi connectivity index (χ0) is 13.5. The van der Waals surface area contributed by atoms with Crippen molar-refractivity contribution >= 4 is 17.2 Å². The molecule has 0 radical (unpaired) electrons. The monoisotopic (exact) mass is 289 g/mol. The molecule has 2 saturated heterocycles. The van der Waals surface area contributed by atoms with Gasteiger partial charge in [-0.05, 0) is 31.4 Å². The topological polar surface area (TPSA) is 67.2 Å². The summed E-state index contributed by atoms with van der Waals surface area (Å²) in [7, 11) is 0. The third-order valence-corrected chi connectivity index (χ3v) is 5.24. The minimum atomic E-state index is 0.0177. The average Bonchev–Trinajstić information content (AvgIpc) is 3.21. The van der Waals surface area contributed by atoms with Gasteiger partial charge in [0.2, 0.25) is 0 Å². The van der Waals surface area contributed by atoms with Gasteiger partial charge in [0.05, 0.1) is 9.75 Å². The lowest BCUT2D eigenvalue weighted by Crippen LogP contribution is -2.42. The molecule has 4 heterocycles. The highest BCUT2D eigenvalue weighted by molar-refractivity contribution is 7.17. The fourth-order valence-electron chi connectivity index (χ4n) is 3.16. The Kier molecular flexibility index (Phi) is 2.85. The molecule has 2 aromatic rings. The molecule has 0 aliphatic carbocycles. The van der Waals surface area contributed by atoms with E-state index in [0.29, 0.717) is 12.1 Å². The molecule has 1 amide bonds. The number of hydrogen-bond acceptors (Lipinski definition) is 5. The van der Waals surface area contributed by atoms with Crippen molar-refractivity contribution in [2.45, 2.75) is 37.4 Å². The highest BCUT2D eigenvalue weighted by Gasteiger charge is 2.39. The second-order valence-corrected chi connectivity index (χ2v) is 6.50. The van der Waals surface area contributed by atoms with Crippen molar-refractivity contribution in [3.8, 4) is 10.6 Å². The van der Waals surface area contributed by atoms with Crippen molar-refractivity contribution in [2.75, 3.05) is 0 Å². The van der Waals surface area contributed by atoms with Crippen LogP contribution in [0.3, 0.4) is 0 Å². The molecule has 3 atom stereocenters. The van der Waals surface area contributed by atoms with E-state index < -0.39 is 0 Å². The van der Waals surface area contributed by atoms with Gasteiger partial charge in [-0.2, -0.15) is 0 Å². The molecule has 20 heavy (non-hydrogen) atoms. The van der Waals surface area contributed by atoms with Gasteiger partial charge < -0.3 is 15.2 Å². The van der Waals surface area contributed by atoms with Gasteiger partial charge in [0.15, 0.2) is 0 Å². The van der Waals surface area contributed by atoms with Gasteiger partial charge in [0.1, 0.15) is 12.0 Å². The fraction of sp³-hybridized carbons (Fsp3) is 0.429. The predicted octanol–water partition coefficient (Wildman–Crippen LogP) is 2.03. The van der Waals surface area contributed by atoms with Gasteiger partial charge >= 0.3 is 0 Å². The predicted molar refractivity (Wildman–Crippen MR) is 75.6 cm³/mol. The fourth-order valence-corrected chi connectivity index (χ4v) is 4.03. The van der Waals surface area contributed by atoms with E-state index in [9.17, 15) is 4.79 Å². The summed E-state index contributed by atoms with van der Waals surface area (Å²) in [5, 5.41) is 10.6. The van der Waals surface area contributed by atoms with E-state index in [4.69, 9.17) is 4.52 Å². The molecule has 0 saturated carbocycles. The van der Waals surface area contributed by atoms with Crippen molar-refractivity contribution in [2.24, 2.45) is 0 Å². The van der Waals surface area contributed by atoms with Crippen molar-refractivity contribution in [3.05, 3.63) is 29.3 Å². The SMILES string of the molecule is O=C(NC1CC2CCC1N2)c1ccc(-c2ccon2)s1. The second kappa shape index (κ2) is 4.71. The van der Waals surface area contributed by atoms with Crippen LogP contribution < -0.4 is 10.6 Å².